The van der Waals surface area contributed by atoms with Crippen LogP contribution in [0.5, 0.6) is 0 Å². The van der Waals surface area contributed by atoms with Gasteiger partial charge in [0.2, 0.25) is 0 Å². The molecule has 0 saturated heterocycles. The number of aromatic amines is 1. The third kappa shape index (κ3) is 4.19. The van der Waals surface area contributed by atoms with Gasteiger partial charge in [-0.15, -0.1) is 0 Å². The highest BCUT2D eigenvalue weighted by atomic mass is 16.6. The van der Waals surface area contributed by atoms with Gasteiger partial charge in [0.1, 0.15) is 11.3 Å². The van der Waals surface area contributed by atoms with Crippen molar-refractivity contribution in [1.29, 1.82) is 0 Å². The van der Waals surface area contributed by atoms with Crippen LogP contribution >= 0.6 is 0 Å². The average molecular weight is 481 g/mol. The number of non-ortho nitro benzene ring substituents is 1. The average Bonchev–Trinajstić information content (AvgIpc) is 3.42. The molecule has 0 aliphatic carbocycles. The second kappa shape index (κ2) is 8.37. The van der Waals surface area contributed by atoms with Crippen LogP contribution in [0.2, 0.25) is 0 Å². The number of nitro benzene ring substituents is 1. The lowest BCUT2D eigenvalue weighted by atomic mass is 9.79. The Morgan fingerprint density at radius 2 is 1.61 bits per heavy atom. The van der Waals surface area contributed by atoms with E-state index in [1.807, 2.05) is 24.4 Å². The first kappa shape index (κ1) is 23.9. The van der Waals surface area contributed by atoms with Crippen LogP contribution in [-0.2, 0) is 10.8 Å². The van der Waals surface area contributed by atoms with Gasteiger partial charge in [-0.2, -0.15) is 0 Å². The fraction of sp³-hybridized carbons (Fsp3) is 0.290. The van der Waals surface area contributed by atoms with Crippen LogP contribution < -0.4 is 0 Å². The van der Waals surface area contributed by atoms with Gasteiger partial charge in [0.25, 0.3) is 5.69 Å². The van der Waals surface area contributed by atoms with Crippen LogP contribution in [0.4, 0.5) is 5.69 Å². The number of fused-ring (bicyclic) bond motifs is 2. The zero-order valence-corrected chi connectivity index (χ0v) is 21.7. The Labute approximate surface area is 211 Å². The number of furan rings is 1. The lowest BCUT2D eigenvalue weighted by molar-refractivity contribution is -0.384. The fourth-order valence-electron chi connectivity index (χ4n) is 4.93. The van der Waals surface area contributed by atoms with Gasteiger partial charge in [-0.3, -0.25) is 10.1 Å². The second-order valence-electron chi connectivity index (χ2n) is 11.7. The molecule has 0 fully saturated rings. The van der Waals surface area contributed by atoms with Crippen molar-refractivity contribution in [3.63, 3.8) is 0 Å². The molecular weight excluding hydrogens is 448 g/mol. The Hall–Kier alpha value is -3.86. The van der Waals surface area contributed by atoms with Gasteiger partial charge < -0.3 is 9.40 Å². The van der Waals surface area contributed by atoms with Crippen molar-refractivity contribution in [3.8, 4) is 0 Å². The van der Waals surface area contributed by atoms with Gasteiger partial charge in [-0.05, 0) is 45.7 Å². The molecule has 36 heavy (non-hydrogen) atoms. The first-order valence-electron chi connectivity index (χ1n) is 12.3. The minimum atomic E-state index is -0.349. The largest absolute Gasteiger partial charge is 0.460 e. The standard InChI is InChI=1S/C31H32N2O3/c1-30(2,3)21-14-20-15-27(36-29(20)25(16-21)31(4,5)6)28(19-10-8-7-9-11-19)24-18-32-26-13-12-22(33(34)35)17-23(24)26/h7-18,28,32H,1-6H3. The van der Waals surface area contributed by atoms with Gasteiger partial charge in [0.15, 0.2) is 0 Å². The number of nitro groups is 1. The van der Waals surface area contributed by atoms with E-state index in [9.17, 15) is 10.1 Å². The summed E-state index contributed by atoms with van der Waals surface area (Å²) in [6.45, 7) is 13.3. The molecule has 5 aromatic rings. The van der Waals surface area contributed by atoms with Crippen molar-refractivity contribution in [2.24, 2.45) is 0 Å². The zero-order valence-electron chi connectivity index (χ0n) is 21.7. The molecule has 0 spiro atoms. The number of hydrogen-bond donors (Lipinski definition) is 1. The second-order valence-corrected chi connectivity index (χ2v) is 11.7. The van der Waals surface area contributed by atoms with Crippen molar-refractivity contribution in [2.45, 2.75) is 58.3 Å². The summed E-state index contributed by atoms with van der Waals surface area (Å²) >= 11 is 0. The molecule has 0 saturated carbocycles. The maximum Gasteiger partial charge on any atom is 0.270 e. The molecule has 184 valence electrons. The number of rotatable bonds is 4. The fourth-order valence-corrected chi connectivity index (χ4v) is 4.93. The summed E-state index contributed by atoms with van der Waals surface area (Å²) in [4.78, 5) is 14.5. The van der Waals surface area contributed by atoms with Crippen LogP contribution in [0.3, 0.4) is 0 Å². The van der Waals surface area contributed by atoms with E-state index in [4.69, 9.17) is 4.42 Å². The Morgan fingerprint density at radius 3 is 2.25 bits per heavy atom. The van der Waals surface area contributed by atoms with Gasteiger partial charge in [-0.25, -0.2) is 0 Å². The van der Waals surface area contributed by atoms with E-state index in [1.54, 1.807) is 12.1 Å². The Bertz CT molecular complexity index is 1580. The van der Waals surface area contributed by atoms with Gasteiger partial charge >= 0.3 is 0 Å². The highest BCUT2D eigenvalue weighted by molar-refractivity contribution is 5.88. The first-order valence-corrected chi connectivity index (χ1v) is 12.3. The molecular formula is C31H32N2O3. The van der Waals surface area contributed by atoms with Crippen LogP contribution in [0.15, 0.2) is 77.3 Å². The molecule has 1 N–H and O–H groups in total. The molecule has 5 rings (SSSR count). The summed E-state index contributed by atoms with van der Waals surface area (Å²) < 4.78 is 6.71. The topological polar surface area (TPSA) is 72.1 Å². The molecule has 0 bridgehead atoms. The molecule has 0 amide bonds. The van der Waals surface area contributed by atoms with Crippen molar-refractivity contribution >= 4 is 27.6 Å². The van der Waals surface area contributed by atoms with E-state index >= 15 is 0 Å². The monoisotopic (exact) mass is 480 g/mol. The van der Waals surface area contributed by atoms with Crippen molar-refractivity contribution in [1.82, 2.24) is 4.98 Å². The number of nitrogens with zero attached hydrogens (tertiary/aromatic N) is 1. The number of benzene rings is 3. The third-order valence-corrected chi connectivity index (χ3v) is 6.95. The molecule has 5 nitrogen and oxygen atoms in total. The molecule has 3 aromatic carbocycles. The van der Waals surface area contributed by atoms with Crippen molar-refractivity contribution in [2.75, 3.05) is 0 Å². The smallest absolute Gasteiger partial charge is 0.270 e. The summed E-state index contributed by atoms with van der Waals surface area (Å²) in [5.41, 5.74) is 6.20. The molecule has 0 aliphatic rings. The Balaban J connectivity index is 1.79. The Morgan fingerprint density at radius 1 is 0.889 bits per heavy atom. The number of nitrogens with one attached hydrogen (secondary N) is 1. The van der Waals surface area contributed by atoms with Crippen LogP contribution in [0, 0.1) is 10.1 Å². The summed E-state index contributed by atoms with van der Waals surface area (Å²) in [5.74, 6) is 0.598. The van der Waals surface area contributed by atoms with E-state index in [2.05, 4.69) is 76.9 Å². The predicted octanol–water partition coefficient (Wildman–Crippen LogP) is 8.60. The maximum absolute atomic E-state index is 11.5. The van der Waals surface area contributed by atoms with Gasteiger partial charge in [-0.1, -0.05) is 77.9 Å². The lowest BCUT2D eigenvalue weighted by Gasteiger charge is -2.25. The summed E-state index contributed by atoms with van der Waals surface area (Å²) in [5, 5.41) is 13.4. The van der Waals surface area contributed by atoms with E-state index in [1.165, 1.54) is 17.2 Å². The molecule has 1 atom stereocenters. The van der Waals surface area contributed by atoms with E-state index in [-0.39, 0.29) is 27.4 Å². The number of H-pyrrole nitrogens is 1. The predicted molar refractivity (Wildman–Crippen MR) is 146 cm³/mol. The zero-order chi connectivity index (χ0) is 25.8. The minimum absolute atomic E-state index is 0.000228. The van der Waals surface area contributed by atoms with E-state index < -0.39 is 0 Å². The van der Waals surface area contributed by atoms with Crippen LogP contribution in [0.1, 0.15) is 75.5 Å². The van der Waals surface area contributed by atoms with Gasteiger partial charge in [0.05, 0.1) is 10.8 Å². The van der Waals surface area contributed by atoms with E-state index in [0.29, 0.717) is 0 Å². The molecule has 0 aliphatic heterocycles. The normalized spacial score (nSPS) is 13.4. The lowest BCUT2D eigenvalue weighted by Crippen LogP contribution is -2.16. The highest BCUT2D eigenvalue weighted by Gasteiger charge is 2.28. The SMILES string of the molecule is CC(C)(C)c1cc(C(C)(C)C)c2oc(C(c3ccccc3)c3c[nH]c4ccc([N+](=O)[O-])cc34)cc2c1. The molecule has 0 radical (unpaired) electrons. The third-order valence-electron chi connectivity index (χ3n) is 6.95. The summed E-state index contributed by atoms with van der Waals surface area (Å²) in [6.07, 6.45) is 1.95. The molecule has 2 heterocycles. The first-order chi connectivity index (χ1) is 16.9. The quantitative estimate of drug-likeness (QED) is 0.207. The molecule has 5 heteroatoms. The van der Waals surface area contributed by atoms with Crippen LogP contribution in [-0.4, -0.2) is 9.91 Å². The molecule has 1 unspecified atom stereocenters. The highest BCUT2D eigenvalue weighted by Crippen LogP contribution is 2.42. The molecule has 2 aromatic heterocycles. The van der Waals surface area contributed by atoms with Gasteiger partial charge in [0, 0.05) is 40.2 Å². The minimum Gasteiger partial charge on any atom is -0.460 e. The summed E-state index contributed by atoms with van der Waals surface area (Å²) in [6, 6.07) is 21.8. The summed E-state index contributed by atoms with van der Waals surface area (Å²) in [7, 11) is 0. The van der Waals surface area contributed by atoms with E-state index in [0.717, 1.165) is 38.8 Å². The van der Waals surface area contributed by atoms with Crippen LogP contribution in [0.25, 0.3) is 21.9 Å². The van der Waals surface area contributed by atoms with Crippen molar-refractivity contribution in [3.05, 3.63) is 111 Å². The Kier molecular flexibility index (Phi) is 5.55. The maximum atomic E-state index is 11.5. The van der Waals surface area contributed by atoms with Crippen molar-refractivity contribution < 1.29 is 9.34 Å². The number of aromatic nitrogens is 1. The number of hydrogen-bond acceptors (Lipinski definition) is 3.